The van der Waals surface area contributed by atoms with Crippen LogP contribution in [0.4, 0.5) is 13.2 Å². The van der Waals surface area contributed by atoms with Gasteiger partial charge in [0.1, 0.15) is 0 Å². The van der Waals surface area contributed by atoms with Crippen LogP contribution in [0.15, 0.2) is 47.6 Å². The highest BCUT2D eigenvalue weighted by atomic mass is 35.5. The number of hydrogen-bond acceptors (Lipinski definition) is 3. The molecule has 0 radical (unpaired) electrons. The molecule has 0 aliphatic carbocycles. The zero-order valence-electron chi connectivity index (χ0n) is 16.0. The molecule has 1 heterocycles. The maximum atomic E-state index is 13.0. The van der Waals surface area contributed by atoms with E-state index in [1.807, 2.05) is 0 Å². The largest absolute Gasteiger partial charge is 0.416 e. The number of benzene rings is 2. The molecule has 1 amide bonds. The van der Waals surface area contributed by atoms with Crippen molar-refractivity contribution in [3.8, 4) is 0 Å². The molecule has 0 saturated heterocycles. The average Bonchev–Trinajstić information content (AvgIpc) is 3.17. The minimum atomic E-state index is -4.44. The third-order valence-corrected chi connectivity index (χ3v) is 5.43. The highest BCUT2D eigenvalue weighted by molar-refractivity contribution is 6.42. The van der Waals surface area contributed by atoms with E-state index in [1.54, 1.807) is 31.2 Å². The zero-order chi connectivity index (χ0) is 21.9. The van der Waals surface area contributed by atoms with Crippen LogP contribution in [0.3, 0.4) is 0 Å². The number of carbonyl (C=O) groups is 1. The third-order valence-electron chi connectivity index (χ3n) is 4.69. The summed E-state index contributed by atoms with van der Waals surface area (Å²) in [6.07, 6.45) is -4.18. The zero-order valence-corrected chi connectivity index (χ0v) is 17.6. The minimum absolute atomic E-state index is 0.0541. The second kappa shape index (κ2) is 9.27. The number of halogens is 5. The van der Waals surface area contributed by atoms with Crippen LogP contribution in [0.5, 0.6) is 0 Å². The second-order valence-corrected chi connectivity index (χ2v) is 7.74. The lowest BCUT2D eigenvalue weighted by molar-refractivity contribution is -0.137. The van der Waals surface area contributed by atoms with Crippen molar-refractivity contribution in [1.82, 2.24) is 4.90 Å². The summed E-state index contributed by atoms with van der Waals surface area (Å²) in [5.74, 6) is -0.181. The molecule has 0 bridgehead atoms. The fourth-order valence-electron chi connectivity index (χ4n) is 3.16. The van der Waals surface area contributed by atoms with Crippen molar-refractivity contribution in [2.75, 3.05) is 6.54 Å². The summed E-state index contributed by atoms with van der Waals surface area (Å²) in [4.78, 5) is 19.4. The first-order valence-corrected chi connectivity index (χ1v) is 10.0. The molecule has 1 aliphatic heterocycles. The van der Waals surface area contributed by atoms with Crippen LogP contribution in [0.25, 0.3) is 0 Å². The lowest BCUT2D eigenvalue weighted by Crippen LogP contribution is -2.37. The van der Waals surface area contributed by atoms with Crippen LogP contribution < -0.4 is 0 Å². The Morgan fingerprint density at radius 1 is 1.20 bits per heavy atom. The molecule has 0 aromatic heterocycles. The highest BCUT2D eigenvalue weighted by Crippen LogP contribution is 2.30. The smallest absolute Gasteiger partial charge is 0.390 e. The molecule has 0 unspecified atom stereocenters. The maximum absolute atomic E-state index is 13.0. The Morgan fingerprint density at radius 3 is 2.63 bits per heavy atom. The second-order valence-electron chi connectivity index (χ2n) is 6.92. The van der Waals surface area contributed by atoms with Crippen LogP contribution in [-0.4, -0.2) is 29.2 Å². The Kier molecular flexibility index (Phi) is 6.93. The minimum Gasteiger partial charge on any atom is -0.390 e. The van der Waals surface area contributed by atoms with Crippen molar-refractivity contribution >= 4 is 34.8 Å². The molecule has 0 N–H and O–H groups in total. The van der Waals surface area contributed by atoms with Crippen LogP contribution in [-0.2, 0) is 22.4 Å². The maximum Gasteiger partial charge on any atom is 0.416 e. The predicted molar refractivity (Wildman–Crippen MR) is 110 cm³/mol. The van der Waals surface area contributed by atoms with E-state index >= 15 is 0 Å². The number of oxime groups is 1. The normalized spacial score (nSPS) is 16.2. The van der Waals surface area contributed by atoms with E-state index in [0.29, 0.717) is 27.7 Å². The number of rotatable bonds is 6. The Morgan fingerprint density at radius 2 is 1.97 bits per heavy atom. The number of hydrogen-bond donors (Lipinski definition) is 0. The first kappa shape index (κ1) is 22.4. The van der Waals surface area contributed by atoms with Crippen molar-refractivity contribution in [3.63, 3.8) is 0 Å². The van der Waals surface area contributed by atoms with Gasteiger partial charge in [-0.15, -0.1) is 0 Å². The van der Waals surface area contributed by atoms with E-state index in [1.165, 1.54) is 11.0 Å². The molecule has 160 valence electrons. The lowest BCUT2D eigenvalue weighted by Gasteiger charge is -2.25. The van der Waals surface area contributed by atoms with Gasteiger partial charge in [0.2, 0.25) is 5.91 Å². The van der Waals surface area contributed by atoms with Crippen molar-refractivity contribution in [2.24, 2.45) is 5.16 Å². The molecular formula is C21H19Cl2F3N2O2. The van der Waals surface area contributed by atoms with E-state index < -0.39 is 17.8 Å². The topological polar surface area (TPSA) is 41.9 Å². The molecule has 2 aromatic rings. The summed E-state index contributed by atoms with van der Waals surface area (Å²) in [5.41, 5.74) is 1.08. The van der Waals surface area contributed by atoms with Gasteiger partial charge in [0.25, 0.3) is 0 Å². The van der Waals surface area contributed by atoms with E-state index in [2.05, 4.69) is 5.16 Å². The number of alkyl halides is 3. The lowest BCUT2D eigenvalue weighted by atomic mass is 10.0. The molecular weight excluding hydrogens is 440 g/mol. The van der Waals surface area contributed by atoms with Gasteiger partial charge in [0.15, 0.2) is 6.10 Å². The average molecular weight is 459 g/mol. The summed E-state index contributed by atoms with van der Waals surface area (Å²) in [6.45, 7) is 1.96. The SMILES string of the molecule is CCC(=O)N(Cc1cccc(C(F)(F)F)c1)C[C@@H]1CC(c2ccc(Cl)c(Cl)c2)=NO1. The molecule has 2 aromatic carbocycles. The summed E-state index contributed by atoms with van der Waals surface area (Å²) in [5, 5.41) is 4.90. The Hall–Kier alpha value is -2.25. The van der Waals surface area contributed by atoms with Gasteiger partial charge in [0, 0.05) is 24.9 Å². The summed E-state index contributed by atoms with van der Waals surface area (Å²) < 4.78 is 38.9. The van der Waals surface area contributed by atoms with Gasteiger partial charge in [-0.1, -0.05) is 53.5 Å². The van der Waals surface area contributed by atoms with Gasteiger partial charge >= 0.3 is 6.18 Å². The van der Waals surface area contributed by atoms with E-state index in [-0.39, 0.29) is 25.4 Å². The van der Waals surface area contributed by atoms with Gasteiger partial charge in [-0.05, 0) is 29.8 Å². The Balaban J connectivity index is 1.69. The standard InChI is InChI=1S/C21H19Cl2F3N2O2/c1-2-20(29)28(11-13-4-3-5-15(8-13)21(24,25)26)12-16-10-19(27-30-16)14-6-7-17(22)18(23)9-14/h3-9,16H,2,10-12H2,1H3/t16-/m0/s1. The van der Waals surface area contributed by atoms with E-state index in [4.69, 9.17) is 28.0 Å². The first-order chi connectivity index (χ1) is 14.2. The quantitative estimate of drug-likeness (QED) is 0.536. The van der Waals surface area contributed by atoms with Crippen LogP contribution >= 0.6 is 23.2 Å². The summed E-state index contributed by atoms with van der Waals surface area (Å²) >= 11 is 12.0. The Labute approximate surface area is 182 Å². The van der Waals surface area contributed by atoms with Gasteiger partial charge in [-0.2, -0.15) is 13.2 Å². The highest BCUT2D eigenvalue weighted by Gasteiger charge is 2.31. The van der Waals surface area contributed by atoms with E-state index in [0.717, 1.165) is 17.7 Å². The molecule has 0 spiro atoms. The number of amides is 1. The third kappa shape index (κ3) is 5.46. The monoisotopic (exact) mass is 458 g/mol. The van der Waals surface area contributed by atoms with Crippen LogP contribution in [0, 0.1) is 0 Å². The van der Waals surface area contributed by atoms with Crippen molar-refractivity contribution in [1.29, 1.82) is 0 Å². The Bertz CT molecular complexity index is 964. The van der Waals surface area contributed by atoms with Gasteiger partial charge in [0.05, 0.1) is 27.9 Å². The molecule has 0 saturated carbocycles. The number of nitrogens with zero attached hydrogens (tertiary/aromatic N) is 2. The first-order valence-electron chi connectivity index (χ1n) is 9.29. The van der Waals surface area contributed by atoms with Gasteiger partial charge in [-0.3, -0.25) is 4.79 Å². The molecule has 30 heavy (non-hydrogen) atoms. The predicted octanol–water partition coefficient (Wildman–Crippen LogP) is 5.94. The van der Waals surface area contributed by atoms with Crippen molar-refractivity contribution in [3.05, 3.63) is 69.2 Å². The molecule has 1 atom stereocenters. The van der Waals surface area contributed by atoms with Crippen LogP contribution in [0.1, 0.15) is 36.5 Å². The molecule has 0 fully saturated rings. The molecule has 3 rings (SSSR count). The van der Waals surface area contributed by atoms with Crippen LogP contribution in [0.2, 0.25) is 10.0 Å². The molecule has 4 nitrogen and oxygen atoms in total. The summed E-state index contributed by atoms with van der Waals surface area (Å²) in [6, 6.07) is 10.1. The van der Waals surface area contributed by atoms with Gasteiger partial charge in [-0.25, -0.2) is 0 Å². The van der Waals surface area contributed by atoms with Crippen molar-refractivity contribution < 1.29 is 22.8 Å². The van der Waals surface area contributed by atoms with Crippen molar-refractivity contribution in [2.45, 2.75) is 38.6 Å². The number of carbonyl (C=O) groups excluding carboxylic acids is 1. The molecule has 1 aliphatic rings. The molecule has 9 heteroatoms. The summed E-state index contributed by atoms with van der Waals surface area (Å²) in [7, 11) is 0. The van der Waals surface area contributed by atoms with E-state index in [9.17, 15) is 18.0 Å². The van der Waals surface area contributed by atoms with Gasteiger partial charge < -0.3 is 9.74 Å². The fraction of sp³-hybridized carbons (Fsp3) is 0.333. The fourth-order valence-corrected chi connectivity index (χ4v) is 3.46.